The molecule has 1 heterocycles. The van der Waals surface area contributed by atoms with Crippen molar-refractivity contribution in [1.82, 2.24) is 0 Å². The first-order chi connectivity index (χ1) is 16.6. The van der Waals surface area contributed by atoms with Crippen LogP contribution in [0.5, 0.6) is 0 Å². The third-order valence-electron chi connectivity index (χ3n) is 6.47. The monoisotopic (exact) mass is 496 g/mol. The highest BCUT2D eigenvalue weighted by Gasteiger charge is 2.33. The minimum atomic E-state index is -0.744. The van der Waals surface area contributed by atoms with Crippen molar-refractivity contribution in [3.63, 3.8) is 0 Å². The van der Waals surface area contributed by atoms with Crippen LogP contribution in [0.4, 0.5) is 15.8 Å². The fraction of sp³-hybridized carbons (Fsp3) is 0.533. The van der Waals surface area contributed by atoms with E-state index in [0.717, 1.165) is 46.6 Å². The summed E-state index contributed by atoms with van der Waals surface area (Å²) in [6.45, 7) is 18.7. The van der Waals surface area contributed by atoms with Crippen LogP contribution in [0.3, 0.4) is 0 Å². The van der Waals surface area contributed by atoms with Gasteiger partial charge in [-0.15, -0.1) is 0 Å². The Labute approximate surface area is 215 Å². The summed E-state index contributed by atoms with van der Waals surface area (Å²) in [5.74, 6) is -0.622. The Morgan fingerprint density at radius 1 is 1.03 bits per heavy atom. The highest BCUT2D eigenvalue weighted by Crippen LogP contribution is 2.35. The molecular weight excluding hydrogens is 455 g/mol. The molecule has 3 rings (SSSR count). The topological polar surface area (TPSA) is 49.9 Å². The number of nitrogens with zero attached hydrogens (tertiary/aromatic N) is 2. The third kappa shape index (κ3) is 6.45. The lowest BCUT2D eigenvalue weighted by atomic mass is 9.91. The molecule has 0 aliphatic carbocycles. The lowest BCUT2D eigenvalue weighted by Gasteiger charge is -2.36. The number of halogens is 1. The lowest BCUT2D eigenvalue weighted by Crippen LogP contribution is -2.45. The molecule has 1 amide bonds. The highest BCUT2D eigenvalue weighted by atomic mass is 19.1. The average Bonchev–Trinajstić information content (AvgIpc) is 2.73. The number of carbonyl (C=O) groups is 2. The second-order valence-electron chi connectivity index (χ2n) is 12.3. The van der Waals surface area contributed by atoms with Gasteiger partial charge in [0.2, 0.25) is 5.91 Å². The Morgan fingerprint density at radius 2 is 1.64 bits per heavy atom. The molecule has 0 N–H and O–H groups in total. The van der Waals surface area contributed by atoms with Gasteiger partial charge >= 0.3 is 5.97 Å². The molecule has 0 bridgehead atoms. The van der Waals surface area contributed by atoms with Crippen molar-refractivity contribution in [2.75, 3.05) is 16.3 Å². The van der Waals surface area contributed by atoms with E-state index in [0.29, 0.717) is 13.0 Å². The Kier molecular flexibility index (Phi) is 7.87. The number of carbonyl (C=O) groups excluding carboxylic acids is 2. The van der Waals surface area contributed by atoms with Crippen molar-refractivity contribution in [2.45, 2.75) is 87.9 Å². The maximum atomic E-state index is 13.6. The first-order valence-electron chi connectivity index (χ1n) is 12.7. The standard InChI is InChI=1S/C30H41FN2O3/c1-19-14-25(32-13-12-22-16-24(31)11-10-23(22)18-32)15-20(2)27(19)33(26(34)17-29(4,5)6)21(3)36-28(35)30(7,8)9/h10-11,14-16,21H,12-13,17-18H2,1-9H3. The van der Waals surface area contributed by atoms with Crippen molar-refractivity contribution in [2.24, 2.45) is 10.8 Å². The fourth-order valence-corrected chi connectivity index (χ4v) is 4.67. The minimum Gasteiger partial charge on any atom is -0.441 e. The van der Waals surface area contributed by atoms with Gasteiger partial charge in [-0.05, 0) is 99.9 Å². The summed E-state index contributed by atoms with van der Waals surface area (Å²) in [4.78, 5) is 30.2. The van der Waals surface area contributed by atoms with Crippen LogP contribution in [0.2, 0.25) is 0 Å². The normalized spacial score (nSPS) is 14.8. The summed E-state index contributed by atoms with van der Waals surface area (Å²) in [6, 6.07) is 9.19. The number of ether oxygens (including phenoxy) is 1. The van der Waals surface area contributed by atoms with Gasteiger partial charge in [-0.2, -0.15) is 0 Å². The second-order valence-corrected chi connectivity index (χ2v) is 12.3. The zero-order valence-electron chi connectivity index (χ0n) is 23.3. The molecule has 6 heteroatoms. The van der Waals surface area contributed by atoms with Crippen LogP contribution >= 0.6 is 0 Å². The number of rotatable bonds is 5. The number of amides is 1. The number of fused-ring (bicyclic) bond motifs is 1. The first kappa shape index (κ1) is 27.7. The van der Waals surface area contributed by atoms with Gasteiger partial charge in [0.1, 0.15) is 5.82 Å². The maximum Gasteiger partial charge on any atom is 0.313 e. The van der Waals surface area contributed by atoms with E-state index in [9.17, 15) is 14.0 Å². The van der Waals surface area contributed by atoms with E-state index in [4.69, 9.17) is 4.74 Å². The molecule has 0 saturated heterocycles. The van der Waals surface area contributed by atoms with E-state index >= 15 is 0 Å². The Morgan fingerprint density at radius 3 is 2.19 bits per heavy atom. The van der Waals surface area contributed by atoms with Gasteiger partial charge in [0, 0.05) is 25.2 Å². The van der Waals surface area contributed by atoms with E-state index in [-0.39, 0.29) is 23.1 Å². The summed E-state index contributed by atoms with van der Waals surface area (Å²) in [5, 5.41) is 0. The van der Waals surface area contributed by atoms with Gasteiger partial charge < -0.3 is 9.64 Å². The molecule has 0 fully saturated rings. The molecular formula is C30H41FN2O3. The summed E-state index contributed by atoms with van der Waals surface area (Å²) >= 11 is 0. The number of hydrogen-bond donors (Lipinski definition) is 0. The Balaban J connectivity index is 1.96. The molecule has 2 aromatic rings. The van der Waals surface area contributed by atoms with Crippen LogP contribution in [0, 0.1) is 30.5 Å². The van der Waals surface area contributed by atoms with Gasteiger partial charge in [-0.25, -0.2) is 4.39 Å². The fourth-order valence-electron chi connectivity index (χ4n) is 4.67. The summed E-state index contributed by atoms with van der Waals surface area (Å²) in [6.07, 6.45) is 0.361. The smallest absolute Gasteiger partial charge is 0.313 e. The molecule has 5 nitrogen and oxygen atoms in total. The molecule has 0 aromatic heterocycles. The van der Waals surface area contributed by atoms with Gasteiger partial charge in [0.25, 0.3) is 0 Å². The number of anilines is 2. The van der Waals surface area contributed by atoms with Crippen molar-refractivity contribution in [1.29, 1.82) is 0 Å². The van der Waals surface area contributed by atoms with Crippen molar-refractivity contribution in [3.05, 3.63) is 58.4 Å². The van der Waals surface area contributed by atoms with E-state index in [1.54, 1.807) is 38.7 Å². The SMILES string of the molecule is Cc1cc(N2CCc3cc(F)ccc3C2)cc(C)c1N(C(=O)CC(C)(C)C)C(C)OC(=O)C(C)(C)C. The first-order valence-corrected chi connectivity index (χ1v) is 12.7. The van der Waals surface area contributed by atoms with E-state index in [1.807, 2.05) is 40.7 Å². The van der Waals surface area contributed by atoms with E-state index in [1.165, 1.54) is 6.07 Å². The molecule has 196 valence electrons. The number of aryl methyl sites for hydroxylation is 2. The van der Waals surface area contributed by atoms with Crippen LogP contribution in [-0.2, 0) is 27.3 Å². The van der Waals surface area contributed by atoms with Crippen molar-refractivity contribution in [3.8, 4) is 0 Å². The second kappa shape index (κ2) is 10.2. The molecule has 1 unspecified atom stereocenters. The molecule has 0 saturated carbocycles. The Bertz CT molecular complexity index is 1120. The molecule has 2 aromatic carbocycles. The molecule has 0 spiro atoms. The minimum absolute atomic E-state index is 0.0791. The predicted molar refractivity (Wildman–Crippen MR) is 144 cm³/mol. The largest absolute Gasteiger partial charge is 0.441 e. The van der Waals surface area contributed by atoms with Crippen LogP contribution in [0.1, 0.15) is 77.1 Å². The summed E-state index contributed by atoms with van der Waals surface area (Å²) in [5.41, 5.74) is 5.02. The molecule has 1 atom stereocenters. The number of benzene rings is 2. The van der Waals surface area contributed by atoms with Gasteiger partial charge in [0.05, 0.1) is 11.1 Å². The van der Waals surface area contributed by atoms with Crippen molar-refractivity contribution < 1.29 is 18.7 Å². The van der Waals surface area contributed by atoms with Crippen LogP contribution < -0.4 is 9.80 Å². The van der Waals surface area contributed by atoms with Crippen LogP contribution in [-0.4, -0.2) is 24.6 Å². The predicted octanol–water partition coefficient (Wildman–Crippen LogP) is 6.71. The molecule has 36 heavy (non-hydrogen) atoms. The number of esters is 1. The quantitative estimate of drug-likeness (QED) is 0.341. The summed E-state index contributed by atoms with van der Waals surface area (Å²) < 4.78 is 19.4. The zero-order chi connectivity index (χ0) is 27.0. The molecule has 1 aliphatic heterocycles. The van der Waals surface area contributed by atoms with Gasteiger partial charge in [0.15, 0.2) is 6.23 Å². The maximum absolute atomic E-state index is 13.6. The Hall–Kier alpha value is -2.89. The lowest BCUT2D eigenvalue weighted by molar-refractivity contribution is -0.158. The van der Waals surface area contributed by atoms with Crippen molar-refractivity contribution >= 4 is 23.3 Å². The van der Waals surface area contributed by atoms with Gasteiger partial charge in [-0.3, -0.25) is 14.5 Å². The van der Waals surface area contributed by atoms with E-state index in [2.05, 4.69) is 17.0 Å². The van der Waals surface area contributed by atoms with E-state index < -0.39 is 11.6 Å². The summed E-state index contributed by atoms with van der Waals surface area (Å²) in [7, 11) is 0. The van der Waals surface area contributed by atoms with Gasteiger partial charge in [-0.1, -0.05) is 26.8 Å². The average molecular weight is 497 g/mol. The highest BCUT2D eigenvalue weighted by molar-refractivity contribution is 5.96. The van der Waals surface area contributed by atoms with Crippen LogP contribution in [0.15, 0.2) is 30.3 Å². The number of hydrogen-bond acceptors (Lipinski definition) is 4. The van der Waals surface area contributed by atoms with Crippen LogP contribution in [0.25, 0.3) is 0 Å². The third-order valence-corrected chi connectivity index (χ3v) is 6.47. The zero-order valence-corrected chi connectivity index (χ0v) is 23.3. The molecule has 0 radical (unpaired) electrons. The molecule has 1 aliphatic rings.